The molecule has 2 unspecified atom stereocenters. The van der Waals surface area contributed by atoms with Crippen molar-refractivity contribution in [3.05, 3.63) is 12.2 Å². The molecule has 1 amide bonds. The van der Waals surface area contributed by atoms with Crippen LogP contribution in [0.3, 0.4) is 0 Å². The number of nitrogens with one attached hydrogen (secondary N) is 1. The number of nitrogens with zero attached hydrogens (tertiary/aromatic N) is 2. The number of hydrogen-bond acceptors (Lipinski definition) is 2. The van der Waals surface area contributed by atoms with E-state index >= 15 is 0 Å². The van der Waals surface area contributed by atoms with Crippen molar-refractivity contribution in [3.8, 4) is 0 Å². The zero-order valence-corrected chi connectivity index (χ0v) is 18.9. The minimum Gasteiger partial charge on any atom is -0.351 e. The zero-order valence-electron chi connectivity index (χ0n) is 18.9. The summed E-state index contributed by atoms with van der Waals surface area (Å²) in [5.74, 6) is 0.0641. The molecule has 4 nitrogen and oxygen atoms in total. The van der Waals surface area contributed by atoms with E-state index in [0.29, 0.717) is 6.17 Å². The summed E-state index contributed by atoms with van der Waals surface area (Å²) in [5.41, 5.74) is 0. The van der Waals surface area contributed by atoms with Crippen LogP contribution in [0.2, 0.25) is 0 Å². The Balaban J connectivity index is 2.09. The Morgan fingerprint density at radius 3 is 2.32 bits per heavy atom. The molecule has 0 aromatic carbocycles. The van der Waals surface area contributed by atoms with Gasteiger partial charge in [0.15, 0.2) is 6.17 Å². The molecule has 0 aliphatic carbocycles. The normalized spacial score (nSPS) is 21.6. The van der Waals surface area contributed by atoms with E-state index in [1.165, 1.54) is 70.6 Å². The lowest BCUT2D eigenvalue weighted by atomic mass is 10.1. The van der Waals surface area contributed by atoms with Crippen LogP contribution in [0.5, 0.6) is 0 Å². The highest BCUT2D eigenvalue weighted by Gasteiger charge is 2.37. The van der Waals surface area contributed by atoms with Crippen molar-refractivity contribution in [2.24, 2.45) is 4.99 Å². The predicted molar refractivity (Wildman–Crippen MR) is 122 cm³/mol. The van der Waals surface area contributed by atoms with Crippen LogP contribution in [0.1, 0.15) is 97.8 Å². The van der Waals surface area contributed by atoms with Crippen molar-refractivity contribution >= 4 is 12.1 Å². The van der Waals surface area contributed by atoms with E-state index in [1.807, 2.05) is 0 Å². The summed E-state index contributed by atoms with van der Waals surface area (Å²) < 4.78 is 1.01. The summed E-state index contributed by atoms with van der Waals surface area (Å²) in [6.45, 7) is 9.96. The minimum absolute atomic E-state index is 0.0641. The second kappa shape index (κ2) is 15.7. The quantitative estimate of drug-likeness (QED) is 0.195. The molecule has 0 spiro atoms. The molecule has 4 heteroatoms. The van der Waals surface area contributed by atoms with Crippen molar-refractivity contribution in [1.29, 1.82) is 0 Å². The number of hydrogen-bond donors (Lipinski definition) is 1. The van der Waals surface area contributed by atoms with Crippen molar-refractivity contribution in [1.82, 2.24) is 5.32 Å². The van der Waals surface area contributed by atoms with Crippen LogP contribution in [-0.2, 0) is 4.79 Å². The Labute approximate surface area is 174 Å². The number of carbonyl (C=O) groups is 1. The molecule has 162 valence electrons. The molecule has 0 aromatic heterocycles. The number of aliphatic imine (C=N–C) groups is 1. The second-order valence-corrected chi connectivity index (χ2v) is 8.40. The van der Waals surface area contributed by atoms with E-state index in [0.717, 1.165) is 37.1 Å². The lowest BCUT2D eigenvalue weighted by molar-refractivity contribution is -0.935. The maximum atomic E-state index is 11.1. The van der Waals surface area contributed by atoms with Gasteiger partial charge < -0.3 is 5.32 Å². The van der Waals surface area contributed by atoms with Crippen molar-refractivity contribution < 1.29 is 9.28 Å². The van der Waals surface area contributed by atoms with Gasteiger partial charge in [0.25, 0.3) is 0 Å². The molecule has 2 atom stereocenters. The molecule has 0 saturated heterocycles. The first-order chi connectivity index (χ1) is 13.6. The van der Waals surface area contributed by atoms with Crippen LogP contribution < -0.4 is 5.32 Å². The van der Waals surface area contributed by atoms with E-state index in [4.69, 9.17) is 4.99 Å². The van der Waals surface area contributed by atoms with Crippen LogP contribution in [-0.4, -0.2) is 48.9 Å². The number of amides is 1. The van der Waals surface area contributed by atoms with Gasteiger partial charge in [-0.1, -0.05) is 57.6 Å². The maximum Gasteiger partial charge on any atom is 0.217 e. The van der Waals surface area contributed by atoms with Crippen molar-refractivity contribution in [3.63, 3.8) is 0 Å². The predicted octanol–water partition coefficient (Wildman–Crippen LogP) is 5.63. The lowest BCUT2D eigenvalue weighted by Gasteiger charge is -2.38. The Morgan fingerprint density at radius 2 is 1.68 bits per heavy atom. The Hall–Kier alpha value is -1.16. The van der Waals surface area contributed by atoms with Crippen LogP contribution >= 0.6 is 0 Å². The highest BCUT2D eigenvalue weighted by molar-refractivity contribution is 5.72. The molecule has 1 heterocycles. The van der Waals surface area contributed by atoms with Crippen LogP contribution in [0, 0.1) is 0 Å². The zero-order chi connectivity index (χ0) is 20.5. The Kier molecular flexibility index (Phi) is 14.0. The fourth-order valence-corrected chi connectivity index (χ4v) is 4.18. The first kappa shape index (κ1) is 24.9. The van der Waals surface area contributed by atoms with Gasteiger partial charge in [0.2, 0.25) is 5.91 Å². The molecule has 0 radical (unpaired) electrons. The molecule has 0 bridgehead atoms. The second-order valence-electron chi connectivity index (χ2n) is 8.40. The average Bonchev–Trinajstić information content (AvgIpc) is 3.08. The number of unbranched alkanes of at least 4 members (excludes halogenated alkanes) is 9. The van der Waals surface area contributed by atoms with Crippen LogP contribution in [0.15, 0.2) is 17.1 Å². The summed E-state index contributed by atoms with van der Waals surface area (Å²) in [6.07, 6.45) is 23.1. The van der Waals surface area contributed by atoms with Gasteiger partial charge in [0.05, 0.1) is 25.8 Å². The molecule has 0 saturated carbocycles. The molecular formula is C24H46N3O+. The molecule has 0 fully saturated rings. The van der Waals surface area contributed by atoms with Gasteiger partial charge in [-0.05, 0) is 39.0 Å². The summed E-state index contributed by atoms with van der Waals surface area (Å²) in [6, 6.07) is 0. The maximum absolute atomic E-state index is 11.1. The van der Waals surface area contributed by atoms with Crippen molar-refractivity contribution in [2.45, 2.75) is 104 Å². The van der Waals surface area contributed by atoms with Gasteiger partial charge in [-0.2, -0.15) is 0 Å². The topological polar surface area (TPSA) is 41.5 Å². The fraction of sp³-hybridized carbons (Fsp3) is 0.833. The number of carbonyl (C=O) groups excluding carboxylic acids is 1. The molecule has 1 N–H and O–H groups in total. The molecule has 1 aliphatic heterocycles. The van der Waals surface area contributed by atoms with Gasteiger partial charge in [0.1, 0.15) is 6.54 Å². The minimum atomic E-state index is 0.0641. The van der Waals surface area contributed by atoms with Gasteiger partial charge in [-0.15, -0.1) is 0 Å². The van der Waals surface area contributed by atoms with Crippen LogP contribution in [0.25, 0.3) is 0 Å². The molecule has 28 heavy (non-hydrogen) atoms. The van der Waals surface area contributed by atoms with Crippen LogP contribution in [0.4, 0.5) is 0 Å². The molecule has 1 rings (SSSR count). The van der Waals surface area contributed by atoms with Gasteiger partial charge in [0, 0.05) is 13.3 Å². The summed E-state index contributed by atoms with van der Waals surface area (Å²) in [4.78, 5) is 15.9. The Morgan fingerprint density at radius 1 is 1.04 bits per heavy atom. The molecular weight excluding hydrogens is 346 g/mol. The number of allylic oxidation sites excluding steroid dienone is 2. The van der Waals surface area contributed by atoms with E-state index in [1.54, 1.807) is 6.92 Å². The third kappa shape index (κ3) is 10.4. The number of rotatable bonds is 17. The first-order valence-corrected chi connectivity index (χ1v) is 11.9. The lowest BCUT2D eigenvalue weighted by Crippen LogP contribution is -2.55. The van der Waals surface area contributed by atoms with Crippen molar-refractivity contribution in [2.75, 3.05) is 26.2 Å². The standard InChI is InChI=1S/C24H45N3O/c1-4-6-7-8-9-10-11-12-13-14-15-16-17-18-24-26-20-22-27(24,5-2)21-19-25-23(3)28/h13-14,20,24H,4-12,15-19,21-22H2,1-3H3/p+1/b14-13+. The van der Waals surface area contributed by atoms with Gasteiger partial charge in [-0.25, -0.2) is 4.99 Å². The number of likely N-dealkylation sites (N-methyl/N-ethyl adjacent to an activating group) is 1. The highest BCUT2D eigenvalue weighted by Crippen LogP contribution is 2.23. The SMILES string of the molecule is CCCCCCCCC/C=C/CCCCC1N=CC[N+]1(CC)CCNC(C)=O. The number of quaternary nitrogens is 1. The van der Waals surface area contributed by atoms with E-state index in [2.05, 4.69) is 37.5 Å². The third-order valence-electron chi connectivity index (χ3n) is 6.14. The Bertz CT molecular complexity index is 461. The molecule has 0 aromatic rings. The van der Waals surface area contributed by atoms with E-state index < -0.39 is 0 Å². The monoisotopic (exact) mass is 392 g/mol. The summed E-state index contributed by atoms with van der Waals surface area (Å²) >= 11 is 0. The average molecular weight is 393 g/mol. The summed E-state index contributed by atoms with van der Waals surface area (Å²) in [7, 11) is 0. The first-order valence-electron chi connectivity index (χ1n) is 11.9. The largest absolute Gasteiger partial charge is 0.351 e. The van der Waals surface area contributed by atoms with Gasteiger partial charge in [-0.3, -0.25) is 9.28 Å². The fourth-order valence-electron chi connectivity index (χ4n) is 4.18. The van der Waals surface area contributed by atoms with E-state index in [9.17, 15) is 4.79 Å². The third-order valence-corrected chi connectivity index (χ3v) is 6.14. The van der Waals surface area contributed by atoms with Gasteiger partial charge >= 0.3 is 0 Å². The smallest absolute Gasteiger partial charge is 0.217 e. The summed E-state index contributed by atoms with van der Waals surface area (Å²) in [5, 5.41) is 2.95. The van der Waals surface area contributed by atoms with E-state index in [-0.39, 0.29) is 5.91 Å². The molecule has 1 aliphatic rings. The highest BCUT2D eigenvalue weighted by atomic mass is 16.1.